The molecule has 0 aliphatic heterocycles. The largest absolute Gasteiger partial charge is 0.383 e. The van der Waals surface area contributed by atoms with Crippen LogP contribution in [0.25, 0.3) is 0 Å². The van der Waals surface area contributed by atoms with Gasteiger partial charge in [-0.3, -0.25) is 0 Å². The lowest BCUT2D eigenvalue weighted by atomic mass is 9.93. The minimum Gasteiger partial charge on any atom is -0.383 e. The molecule has 4 heteroatoms. The van der Waals surface area contributed by atoms with Crippen molar-refractivity contribution in [3.05, 3.63) is 28.2 Å². The van der Waals surface area contributed by atoms with Gasteiger partial charge in [0, 0.05) is 30.9 Å². The minimum atomic E-state index is 0.156. The van der Waals surface area contributed by atoms with Gasteiger partial charge in [-0.25, -0.2) is 4.98 Å². The summed E-state index contributed by atoms with van der Waals surface area (Å²) in [5.41, 5.74) is 1.35. The topological polar surface area (TPSA) is 34.1 Å². The highest BCUT2D eigenvalue weighted by molar-refractivity contribution is 7.09. The molecular weight excluding hydrogens is 256 g/mol. The van der Waals surface area contributed by atoms with Gasteiger partial charge in [-0.1, -0.05) is 32.9 Å². The van der Waals surface area contributed by atoms with Gasteiger partial charge in [-0.15, -0.1) is 11.3 Å². The first kappa shape index (κ1) is 16.3. The van der Waals surface area contributed by atoms with Crippen molar-refractivity contribution in [2.24, 2.45) is 0 Å². The fourth-order valence-corrected chi connectivity index (χ4v) is 2.53. The van der Waals surface area contributed by atoms with E-state index in [0.29, 0.717) is 0 Å². The predicted molar refractivity (Wildman–Crippen MR) is 83.0 cm³/mol. The zero-order valence-electron chi connectivity index (χ0n) is 12.5. The van der Waals surface area contributed by atoms with Crippen LogP contribution in [0, 0.1) is 0 Å². The molecule has 1 N–H and O–H groups in total. The first-order chi connectivity index (χ1) is 9.04. The van der Waals surface area contributed by atoms with Crippen LogP contribution < -0.4 is 5.32 Å². The number of hydrogen-bond donors (Lipinski definition) is 1. The maximum atomic E-state index is 4.97. The van der Waals surface area contributed by atoms with E-state index < -0.39 is 0 Å². The Hall–Kier alpha value is -0.710. The summed E-state index contributed by atoms with van der Waals surface area (Å²) in [5.74, 6) is 0. The van der Waals surface area contributed by atoms with E-state index in [1.165, 1.54) is 10.7 Å². The van der Waals surface area contributed by atoms with Crippen LogP contribution in [-0.2, 0) is 16.6 Å². The van der Waals surface area contributed by atoms with Crippen LogP contribution in [0.1, 0.15) is 37.9 Å². The van der Waals surface area contributed by atoms with E-state index in [1.54, 1.807) is 18.4 Å². The van der Waals surface area contributed by atoms with Crippen molar-refractivity contribution in [3.63, 3.8) is 0 Å². The van der Waals surface area contributed by atoms with Crippen LogP contribution >= 0.6 is 11.3 Å². The molecule has 0 amide bonds. The Morgan fingerprint density at radius 3 is 2.74 bits per heavy atom. The lowest BCUT2D eigenvalue weighted by molar-refractivity contribution is 0.199. The molecule has 0 radical (unpaired) electrons. The number of hydrogen-bond acceptors (Lipinski definition) is 4. The SMILES string of the molecule is COCCNCCC=CCc1nc(C(C)(C)C)cs1. The molecule has 108 valence electrons. The van der Waals surface area contributed by atoms with Gasteiger partial charge < -0.3 is 10.1 Å². The number of nitrogens with one attached hydrogen (secondary N) is 1. The Balaban J connectivity index is 2.20. The summed E-state index contributed by atoms with van der Waals surface area (Å²) in [4.78, 5) is 4.67. The third-order valence-electron chi connectivity index (χ3n) is 2.75. The molecule has 1 heterocycles. The lowest BCUT2D eigenvalue weighted by Gasteiger charge is -2.14. The third kappa shape index (κ3) is 6.85. The predicted octanol–water partition coefficient (Wildman–Crippen LogP) is 3.17. The van der Waals surface area contributed by atoms with Crippen molar-refractivity contribution in [1.82, 2.24) is 10.3 Å². The normalized spacial score (nSPS) is 12.4. The van der Waals surface area contributed by atoms with Gasteiger partial charge in [0.1, 0.15) is 0 Å². The van der Waals surface area contributed by atoms with Gasteiger partial charge in [0.05, 0.1) is 17.3 Å². The monoisotopic (exact) mass is 282 g/mol. The number of nitrogens with zero attached hydrogens (tertiary/aromatic N) is 1. The van der Waals surface area contributed by atoms with Crippen molar-refractivity contribution in [1.29, 1.82) is 0 Å². The van der Waals surface area contributed by atoms with Gasteiger partial charge in [-0.2, -0.15) is 0 Å². The Morgan fingerprint density at radius 1 is 1.32 bits per heavy atom. The quantitative estimate of drug-likeness (QED) is 0.587. The Morgan fingerprint density at radius 2 is 2.11 bits per heavy atom. The smallest absolute Gasteiger partial charge is 0.0966 e. The summed E-state index contributed by atoms with van der Waals surface area (Å²) in [6, 6.07) is 0. The minimum absolute atomic E-state index is 0.156. The van der Waals surface area contributed by atoms with E-state index in [2.05, 4.69) is 48.6 Å². The van der Waals surface area contributed by atoms with Crippen LogP contribution in [0.2, 0.25) is 0 Å². The number of methoxy groups -OCH3 is 1. The van der Waals surface area contributed by atoms with Gasteiger partial charge in [0.15, 0.2) is 0 Å². The number of ether oxygens (including phenoxy) is 1. The molecule has 19 heavy (non-hydrogen) atoms. The number of rotatable bonds is 8. The Bertz CT molecular complexity index is 380. The Kier molecular flexibility index (Phi) is 7.28. The summed E-state index contributed by atoms with van der Waals surface area (Å²) in [6.45, 7) is 9.31. The second-order valence-corrected chi connectivity index (χ2v) is 6.53. The summed E-state index contributed by atoms with van der Waals surface area (Å²) < 4.78 is 4.97. The molecule has 1 rings (SSSR count). The zero-order valence-corrected chi connectivity index (χ0v) is 13.3. The average molecular weight is 282 g/mol. The number of thiazole rings is 1. The summed E-state index contributed by atoms with van der Waals surface area (Å²) in [5, 5.41) is 6.70. The molecule has 0 aliphatic rings. The van der Waals surface area contributed by atoms with Gasteiger partial charge >= 0.3 is 0 Å². The van der Waals surface area contributed by atoms with E-state index in [9.17, 15) is 0 Å². The van der Waals surface area contributed by atoms with Crippen LogP contribution in [-0.4, -0.2) is 31.8 Å². The molecule has 0 fully saturated rings. The van der Waals surface area contributed by atoms with Crippen LogP contribution in [0.3, 0.4) is 0 Å². The fraction of sp³-hybridized carbons (Fsp3) is 0.667. The highest BCUT2D eigenvalue weighted by atomic mass is 32.1. The lowest BCUT2D eigenvalue weighted by Crippen LogP contribution is -2.19. The second-order valence-electron chi connectivity index (χ2n) is 5.58. The molecule has 0 spiro atoms. The van der Waals surface area contributed by atoms with Crippen molar-refractivity contribution >= 4 is 11.3 Å². The van der Waals surface area contributed by atoms with Crippen molar-refractivity contribution in [3.8, 4) is 0 Å². The number of aromatic nitrogens is 1. The molecule has 1 aromatic rings. The molecule has 0 unspecified atom stereocenters. The maximum Gasteiger partial charge on any atom is 0.0966 e. The van der Waals surface area contributed by atoms with E-state index in [0.717, 1.165) is 32.5 Å². The van der Waals surface area contributed by atoms with Crippen molar-refractivity contribution in [2.75, 3.05) is 26.8 Å². The molecule has 0 saturated carbocycles. The van der Waals surface area contributed by atoms with Gasteiger partial charge in [0.25, 0.3) is 0 Å². The van der Waals surface area contributed by atoms with E-state index in [1.807, 2.05) is 0 Å². The molecular formula is C15H26N2OS. The number of allylic oxidation sites excluding steroid dienone is 1. The van der Waals surface area contributed by atoms with Gasteiger partial charge in [-0.05, 0) is 13.0 Å². The molecule has 0 atom stereocenters. The van der Waals surface area contributed by atoms with Crippen LogP contribution in [0.15, 0.2) is 17.5 Å². The molecule has 1 aromatic heterocycles. The zero-order chi connectivity index (χ0) is 14.1. The summed E-state index contributed by atoms with van der Waals surface area (Å²) in [7, 11) is 1.72. The molecule has 0 saturated heterocycles. The van der Waals surface area contributed by atoms with Gasteiger partial charge in [0.2, 0.25) is 0 Å². The van der Waals surface area contributed by atoms with Crippen molar-refractivity contribution in [2.45, 2.75) is 39.0 Å². The standard InChI is InChI=1S/C15H26N2OS/c1-15(2,3)13-12-19-14(17-13)8-6-5-7-9-16-10-11-18-4/h5-6,12,16H,7-11H2,1-4H3. The van der Waals surface area contributed by atoms with Crippen LogP contribution in [0.4, 0.5) is 0 Å². The van der Waals surface area contributed by atoms with Crippen molar-refractivity contribution < 1.29 is 4.74 Å². The van der Waals surface area contributed by atoms with E-state index >= 15 is 0 Å². The maximum absolute atomic E-state index is 4.97. The average Bonchev–Trinajstić information content (AvgIpc) is 2.81. The molecule has 3 nitrogen and oxygen atoms in total. The fourth-order valence-electron chi connectivity index (χ4n) is 1.54. The molecule has 0 bridgehead atoms. The van der Waals surface area contributed by atoms with Crippen LogP contribution in [0.5, 0.6) is 0 Å². The van der Waals surface area contributed by atoms with E-state index in [4.69, 9.17) is 4.74 Å². The third-order valence-corrected chi connectivity index (χ3v) is 3.62. The first-order valence-corrected chi connectivity index (χ1v) is 7.71. The van der Waals surface area contributed by atoms with E-state index in [-0.39, 0.29) is 5.41 Å². The molecule has 0 aromatic carbocycles. The first-order valence-electron chi connectivity index (χ1n) is 6.83. The molecule has 0 aliphatic carbocycles. The summed E-state index contributed by atoms with van der Waals surface area (Å²) in [6.07, 6.45) is 6.43. The highest BCUT2D eigenvalue weighted by Crippen LogP contribution is 2.24. The Labute approximate surface area is 121 Å². The second kappa shape index (κ2) is 8.46. The highest BCUT2D eigenvalue weighted by Gasteiger charge is 2.16. The summed E-state index contributed by atoms with van der Waals surface area (Å²) >= 11 is 1.76.